The Labute approximate surface area is 205 Å². The second-order valence-corrected chi connectivity index (χ2v) is 9.51. The predicted molar refractivity (Wildman–Crippen MR) is 135 cm³/mol. The second-order valence-electron chi connectivity index (χ2n) is 9.51. The van der Waals surface area contributed by atoms with Crippen LogP contribution in [-0.2, 0) is 16.8 Å². The van der Waals surface area contributed by atoms with Gasteiger partial charge in [0.15, 0.2) is 0 Å². The molecule has 5 rings (SSSR count). The number of hydrogen-bond acceptors (Lipinski definition) is 4. The first-order chi connectivity index (χ1) is 16.9. The summed E-state index contributed by atoms with van der Waals surface area (Å²) in [7, 11) is 0. The first-order valence-electron chi connectivity index (χ1n) is 11.9. The van der Waals surface area contributed by atoms with Gasteiger partial charge in [0.1, 0.15) is 5.52 Å². The van der Waals surface area contributed by atoms with Crippen molar-refractivity contribution in [3.05, 3.63) is 95.6 Å². The minimum atomic E-state index is -0.599. The maximum Gasteiger partial charge on any atom is 0.253 e. The topological polar surface area (TPSA) is 71.3 Å². The van der Waals surface area contributed by atoms with Crippen LogP contribution >= 0.6 is 0 Å². The molecule has 2 heterocycles. The van der Waals surface area contributed by atoms with Crippen molar-refractivity contribution in [3.8, 4) is 0 Å². The van der Waals surface area contributed by atoms with Crippen LogP contribution in [0.1, 0.15) is 35.3 Å². The third-order valence-electron chi connectivity index (χ3n) is 6.84. The molecule has 0 bridgehead atoms. The van der Waals surface area contributed by atoms with Gasteiger partial charge in [0, 0.05) is 31.7 Å². The summed E-state index contributed by atoms with van der Waals surface area (Å²) in [5, 5.41) is 8.44. The van der Waals surface area contributed by atoms with E-state index in [2.05, 4.69) is 10.3 Å². The highest BCUT2D eigenvalue weighted by molar-refractivity contribution is 5.94. The lowest BCUT2D eigenvalue weighted by Crippen LogP contribution is -2.54. The zero-order chi connectivity index (χ0) is 24.4. The largest absolute Gasteiger partial charge is 0.338 e. The fraction of sp³-hybridized carbons (Fsp3) is 0.286. The number of para-hydroxylation sites is 1. The molecule has 0 aliphatic carbocycles. The average Bonchev–Trinajstić information content (AvgIpc) is 3.31. The summed E-state index contributed by atoms with van der Waals surface area (Å²) in [4.78, 5) is 30.0. The zero-order valence-corrected chi connectivity index (χ0v) is 20.1. The lowest BCUT2D eigenvalue weighted by Gasteiger charge is -2.38. The monoisotopic (exact) mass is 467 g/mol. The number of piperazine rings is 1. The Morgan fingerprint density at radius 2 is 1.43 bits per heavy atom. The molecule has 0 radical (unpaired) electrons. The normalized spacial score (nSPS) is 14.3. The van der Waals surface area contributed by atoms with Crippen LogP contribution in [0, 0.1) is 0 Å². The average molecular weight is 468 g/mol. The molecule has 35 heavy (non-hydrogen) atoms. The molecule has 1 aromatic heterocycles. The molecule has 4 aromatic rings. The van der Waals surface area contributed by atoms with E-state index in [1.165, 1.54) is 0 Å². The number of fused-ring (bicyclic) bond motifs is 1. The van der Waals surface area contributed by atoms with E-state index in [0.29, 0.717) is 38.3 Å². The summed E-state index contributed by atoms with van der Waals surface area (Å²) >= 11 is 0. The van der Waals surface area contributed by atoms with Crippen molar-refractivity contribution in [2.24, 2.45) is 0 Å². The summed E-state index contributed by atoms with van der Waals surface area (Å²) in [6.07, 6.45) is 0. The Morgan fingerprint density at radius 3 is 2.14 bits per heavy atom. The molecule has 0 N–H and O–H groups in total. The van der Waals surface area contributed by atoms with Gasteiger partial charge in [-0.3, -0.25) is 9.59 Å². The molecule has 1 aliphatic heterocycles. The molecule has 7 heteroatoms. The predicted octanol–water partition coefficient (Wildman–Crippen LogP) is 3.74. The molecule has 1 saturated heterocycles. The third kappa shape index (κ3) is 4.54. The van der Waals surface area contributed by atoms with E-state index in [1.807, 2.05) is 107 Å². The minimum Gasteiger partial charge on any atom is -0.338 e. The van der Waals surface area contributed by atoms with Crippen molar-refractivity contribution in [1.29, 1.82) is 0 Å². The first-order valence-corrected chi connectivity index (χ1v) is 11.9. The van der Waals surface area contributed by atoms with Crippen molar-refractivity contribution >= 4 is 22.8 Å². The van der Waals surface area contributed by atoms with E-state index < -0.39 is 5.41 Å². The summed E-state index contributed by atoms with van der Waals surface area (Å²) in [5.74, 6) is 0.0953. The van der Waals surface area contributed by atoms with Gasteiger partial charge in [-0.2, -0.15) is 0 Å². The molecule has 1 aliphatic rings. The minimum absolute atomic E-state index is 0.00262. The molecule has 2 amide bonds. The molecule has 0 spiro atoms. The van der Waals surface area contributed by atoms with Gasteiger partial charge in [-0.15, -0.1) is 5.10 Å². The summed E-state index contributed by atoms with van der Waals surface area (Å²) < 4.78 is 1.86. The molecule has 1 fully saturated rings. The fourth-order valence-electron chi connectivity index (χ4n) is 4.63. The van der Waals surface area contributed by atoms with Crippen LogP contribution in [0.2, 0.25) is 0 Å². The number of benzene rings is 3. The Hall–Kier alpha value is -4.00. The van der Waals surface area contributed by atoms with Gasteiger partial charge in [0.2, 0.25) is 5.91 Å². The number of rotatable bonds is 5. The lowest BCUT2D eigenvalue weighted by atomic mass is 9.83. The van der Waals surface area contributed by atoms with Crippen LogP contribution < -0.4 is 0 Å². The molecule has 0 atom stereocenters. The Bertz CT molecular complexity index is 1340. The smallest absolute Gasteiger partial charge is 0.253 e. The number of aromatic nitrogens is 3. The Kier molecular flexibility index (Phi) is 6.07. The van der Waals surface area contributed by atoms with E-state index in [9.17, 15) is 9.59 Å². The highest BCUT2D eigenvalue weighted by Gasteiger charge is 2.35. The Morgan fingerprint density at radius 1 is 0.800 bits per heavy atom. The van der Waals surface area contributed by atoms with Crippen molar-refractivity contribution in [1.82, 2.24) is 24.8 Å². The molecular formula is C28H29N5O2. The summed E-state index contributed by atoms with van der Waals surface area (Å²) in [6, 6.07) is 25.4. The van der Waals surface area contributed by atoms with Crippen LogP contribution in [-0.4, -0.2) is 62.8 Å². The van der Waals surface area contributed by atoms with Crippen molar-refractivity contribution in [2.75, 3.05) is 26.2 Å². The third-order valence-corrected chi connectivity index (χ3v) is 6.84. The van der Waals surface area contributed by atoms with Gasteiger partial charge >= 0.3 is 0 Å². The standard InChI is InChI=1S/C28H29N5O2/c1-28(2,23-8-4-3-5-9-23)27(35)32-18-16-31(17-19-32)26(34)22-14-12-21(13-15-22)20-33-25-11-7-6-10-24(25)29-30-33/h3-15H,16-20H2,1-2H3. The van der Waals surface area contributed by atoms with E-state index in [1.54, 1.807) is 0 Å². The van der Waals surface area contributed by atoms with Crippen LogP contribution in [0.3, 0.4) is 0 Å². The molecule has 3 aromatic carbocycles. The maximum absolute atomic E-state index is 13.2. The van der Waals surface area contributed by atoms with Crippen LogP contribution in [0.4, 0.5) is 0 Å². The van der Waals surface area contributed by atoms with Gasteiger partial charge < -0.3 is 9.80 Å². The van der Waals surface area contributed by atoms with Gasteiger partial charge in [0.05, 0.1) is 17.5 Å². The SMILES string of the molecule is CC(C)(C(=O)N1CCN(C(=O)c2ccc(Cn3nnc4ccccc43)cc2)CC1)c1ccccc1. The Balaban J connectivity index is 1.20. The van der Waals surface area contributed by atoms with Crippen LogP contribution in [0.25, 0.3) is 11.0 Å². The highest BCUT2D eigenvalue weighted by Crippen LogP contribution is 2.26. The maximum atomic E-state index is 13.2. The van der Waals surface area contributed by atoms with E-state index >= 15 is 0 Å². The fourth-order valence-corrected chi connectivity index (χ4v) is 4.63. The number of amides is 2. The van der Waals surface area contributed by atoms with Crippen LogP contribution in [0.5, 0.6) is 0 Å². The summed E-state index contributed by atoms with van der Waals surface area (Å²) in [5.41, 5.74) is 3.96. The number of hydrogen-bond donors (Lipinski definition) is 0. The summed E-state index contributed by atoms with van der Waals surface area (Å²) in [6.45, 7) is 6.66. The van der Waals surface area contributed by atoms with Crippen molar-refractivity contribution < 1.29 is 9.59 Å². The van der Waals surface area contributed by atoms with E-state index in [4.69, 9.17) is 0 Å². The van der Waals surface area contributed by atoms with E-state index in [-0.39, 0.29) is 11.8 Å². The molecule has 0 unspecified atom stereocenters. The van der Waals surface area contributed by atoms with E-state index in [0.717, 1.165) is 22.2 Å². The first kappa shape index (κ1) is 22.8. The zero-order valence-electron chi connectivity index (χ0n) is 20.1. The lowest BCUT2D eigenvalue weighted by molar-refractivity contribution is -0.137. The van der Waals surface area contributed by atoms with Gasteiger partial charge in [-0.05, 0) is 49.2 Å². The van der Waals surface area contributed by atoms with Crippen LogP contribution in [0.15, 0.2) is 78.9 Å². The number of carbonyl (C=O) groups is 2. The van der Waals surface area contributed by atoms with Gasteiger partial charge in [-0.25, -0.2) is 4.68 Å². The van der Waals surface area contributed by atoms with Gasteiger partial charge in [0.25, 0.3) is 5.91 Å². The highest BCUT2D eigenvalue weighted by atomic mass is 16.2. The molecular weight excluding hydrogens is 438 g/mol. The number of carbonyl (C=O) groups excluding carboxylic acids is 2. The second kappa shape index (κ2) is 9.33. The molecule has 0 saturated carbocycles. The molecule has 178 valence electrons. The quantitative estimate of drug-likeness (QED) is 0.448. The van der Waals surface area contributed by atoms with Gasteiger partial charge in [-0.1, -0.05) is 59.8 Å². The van der Waals surface area contributed by atoms with Crippen molar-refractivity contribution in [2.45, 2.75) is 25.8 Å². The number of nitrogens with zero attached hydrogens (tertiary/aromatic N) is 5. The molecule has 7 nitrogen and oxygen atoms in total. The van der Waals surface area contributed by atoms with Crippen molar-refractivity contribution in [3.63, 3.8) is 0 Å².